The van der Waals surface area contributed by atoms with Crippen molar-refractivity contribution >= 4 is 6.09 Å². The summed E-state index contributed by atoms with van der Waals surface area (Å²) in [6.45, 7) is 0.997. The molecule has 1 heterocycles. The summed E-state index contributed by atoms with van der Waals surface area (Å²) in [4.78, 5) is 15.0. The minimum atomic E-state index is -0.471. The van der Waals surface area contributed by atoms with Crippen molar-refractivity contribution in [3.63, 3.8) is 0 Å². The number of carbonyl (C=O) groups excluding carboxylic acids is 1. The third-order valence-electron chi connectivity index (χ3n) is 1.49. The molecule has 14 heavy (non-hydrogen) atoms. The van der Waals surface area contributed by atoms with E-state index >= 15 is 0 Å². The van der Waals surface area contributed by atoms with Gasteiger partial charge in [-0.15, -0.1) is 0 Å². The maximum atomic E-state index is 11.0. The molecule has 0 unspecified atom stereocenters. The zero-order valence-electron chi connectivity index (χ0n) is 7.77. The highest BCUT2D eigenvalue weighted by Gasteiger charge is 2.00. The van der Waals surface area contributed by atoms with Crippen LogP contribution in [0, 0.1) is 0 Å². The average molecular weight is 195 g/mol. The number of alkyl carbamates (subject to hydrolysis) is 1. The molecule has 3 N–H and O–H groups in total. The van der Waals surface area contributed by atoms with Gasteiger partial charge in [-0.1, -0.05) is 6.07 Å². The highest BCUT2D eigenvalue weighted by molar-refractivity contribution is 5.67. The van der Waals surface area contributed by atoms with Gasteiger partial charge in [-0.3, -0.25) is 4.98 Å². The van der Waals surface area contributed by atoms with Crippen molar-refractivity contribution in [2.45, 2.75) is 6.61 Å². The first-order valence-electron chi connectivity index (χ1n) is 4.33. The lowest BCUT2D eigenvalue weighted by Crippen LogP contribution is -2.29. The van der Waals surface area contributed by atoms with E-state index in [1.54, 1.807) is 18.3 Å². The Hall–Kier alpha value is -1.62. The quantitative estimate of drug-likeness (QED) is 0.722. The van der Waals surface area contributed by atoms with Gasteiger partial charge in [0.15, 0.2) is 0 Å². The van der Waals surface area contributed by atoms with Crippen LogP contribution in [0.5, 0.6) is 0 Å². The fraction of sp³-hybridized carbons (Fsp3) is 0.333. The molecular weight excluding hydrogens is 182 g/mol. The first kappa shape index (κ1) is 10.5. The van der Waals surface area contributed by atoms with Gasteiger partial charge in [0.05, 0.1) is 5.69 Å². The monoisotopic (exact) mass is 195 g/mol. The van der Waals surface area contributed by atoms with Gasteiger partial charge in [-0.2, -0.15) is 0 Å². The zero-order chi connectivity index (χ0) is 10.2. The van der Waals surface area contributed by atoms with Crippen LogP contribution in [0.25, 0.3) is 0 Å². The van der Waals surface area contributed by atoms with Crippen LogP contribution >= 0.6 is 0 Å². The lowest BCUT2D eigenvalue weighted by Gasteiger charge is -2.04. The number of pyridine rings is 1. The Morgan fingerprint density at radius 2 is 2.43 bits per heavy atom. The Morgan fingerprint density at radius 3 is 3.07 bits per heavy atom. The number of amides is 1. The molecule has 0 radical (unpaired) electrons. The Labute approximate surface area is 82.3 Å². The lowest BCUT2D eigenvalue weighted by molar-refractivity contribution is 0.138. The minimum absolute atomic E-state index is 0.178. The predicted octanol–water partition coefficient (Wildman–Crippen LogP) is 0.266. The third-order valence-corrected chi connectivity index (χ3v) is 1.49. The fourth-order valence-electron chi connectivity index (χ4n) is 0.848. The normalized spacial score (nSPS) is 9.50. The second-order valence-corrected chi connectivity index (χ2v) is 2.61. The molecule has 0 spiro atoms. The molecule has 1 rings (SSSR count). The average Bonchev–Trinajstić information content (AvgIpc) is 2.25. The van der Waals surface area contributed by atoms with Gasteiger partial charge in [-0.05, 0) is 12.1 Å². The van der Waals surface area contributed by atoms with Crippen LogP contribution in [0.15, 0.2) is 24.4 Å². The standard InChI is InChI=1S/C9H13N3O2/c10-4-6-12-9(13)14-7-8-3-1-2-5-11-8/h1-3,5H,4,6-7,10H2,(H,12,13). The van der Waals surface area contributed by atoms with Gasteiger partial charge in [0, 0.05) is 19.3 Å². The van der Waals surface area contributed by atoms with Crippen LogP contribution in [-0.2, 0) is 11.3 Å². The summed E-state index contributed by atoms with van der Waals surface area (Å²) < 4.78 is 4.86. The molecule has 0 aliphatic carbocycles. The van der Waals surface area contributed by atoms with Crippen LogP contribution in [-0.4, -0.2) is 24.2 Å². The van der Waals surface area contributed by atoms with Gasteiger partial charge in [-0.25, -0.2) is 4.79 Å². The second kappa shape index (κ2) is 5.93. The van der Waals surface area contributed by atoms with Crippen LogP contribution in [0.2, 0.25) is 0 Å². The lowest BCUT2D eigenvalue weighted by atomic mass is 10.4. The van der Waals surface area contributed by atoms with E-state index < -0.39 is 6.09 Å². The number of hydrogen-bond donors (Lipinski definition) is 2. The molecule has 1 amide bonds. The van der Waals surface area contributed by atoms with Crippen LogP contribution in [0.3, 0.4) is 0 Å². The summed E-state index contributed by atoms with van der Waals surface area (Å²) in [5.41, 5.74) is 5.92. The number of ether oxygens (including phenoxy) is 1. The van der Waals surface area contributed by atoms with E-state index in [-0.39, 0.29) is 6.61 Å². The molecule has 5 heteroatoms. The van der Waals surface area contributed by atoms with Crippen molar-refractivity contribution in [2.75, 3.05) is 13.1 Å². The molecular formula is C9H13N3O2. The van der Waals surface area contributed by atoms with Gasteiger partial charge in [0.25, 0.3) is 0 Å². The van der Waals surface area contributed by atoms with E-state index in [0.717, 1.165) is 5.69 Å². The molecule has 76 valence electrons. The van der Waals surface area contributed by atoms with Crippen molar-refractivity contribution < 1.29 is 9.53 Å². The van der Waals surface area contributed by atoms with Crippen molar-refractivity contribution in [3.05, 3.63) is 30.1 Å². The number of rotatable bonds is 4. The number of nitrogens with two attached hydrogens (primary N) is 1. The molecule has 0 fully saturated rings. The molecule has 1 aromatic rings. The fourth-order valence-corrected chi connectivity index (χ4v) is 0.848. The summed E-state index contributed by atoms with van der Waals surface area (Å²) in [7, 11) is 0. The molecule has 0 aliphatic rings. The van der Waals surface area contributed by atoms with E-state index in [2.05, 4.69) is 10.3 Å². The topological polar surface area (TPSA) is 77.2 Å². The third kappa shape index (κ3) is 3.86. The SMILES string of the molecule is NCCNC(=O)OCc1ccccn1. The Balaban J connectivity index is 2.24. The van der Waals surface area contributed by atoms with Crippen LogP contribution < -0.4 is 11.1 Å². The highest BCUT2D eigenvalue weighted by atomic mass is 16.5. The molecule has 5 nitrogen and oxygen atoms in total. The first-order chi connectivity index (χ1) is 6.83. The Morgan fingerprint density at radius 1 is 1.57 bits per heavy atom. The number of hydrogen-bond acceptors (Lipinski definition) is 4. The second-order valence-electron chi connectivity index (χ2n) is 2.61. The zero-order valence-corrected chi connectivity index (χ0v) is 7.77. The molecule has 0 bridgehead atoms. The molecule has 0 aromatic carbocycles. The largest absolute Gasteiger partial charge is 0.443 e. The van der Waals surface area contributed by atoms with Gasteiger partial charge in [0.1, 0.15) is 6.61 Å². The van der Waals surface area contributed by atoms with Gasteiger partial charge >= 0.3 is 6.09 Å². The summed E-state index contributed by atoms with van der Waals surface area (Å²) >= 11 is 0. The highest BCUT2D eigenvalue weighted by Crippen LogP contribution is 1.95. The van der Waals surface area contributed by atoms with Crippen molar-refractivity contribution in [3.8, 4) is 0 Å². The summed E-state index contributed by atoms with van der Waals surface area (Å²) in [5, 5.41) is 2.49. The number of nitrogens with one attached hydrogen (secondary N) is 1. The van der Waals surface area contributed by atoms with E-state index in [0.29, 0.717) is 13.1 Å². The number of carbonyl (C=O) groups is 1. The van der Waals surface area contributed by atoms with E-state index in [4.69, 9.17) is 10.5 Å². The maximum absolute atomic E-state index is 11.0. The smallest absolute Gasteiger partial charge is 0.407 e. The summed E-state index contributed by atoms with van der Waals surface area (Å²) in [6, 6.07) is 5.43. The molecule has 0 saturated carbocycles. The molecule has 1 aromatic heterocycles. The van der Waals surface area contributed by atoms with E-state index in [1.807, 2.05) is 6.07 Å². The summed E-state index contributed by atoms with van der Waals surface area (Å²) in [5.74, 6) is 0. The number of aromatic nitrogens is 1. The first-order valence-corrected chi connectivity index (χ1v) is 4.33. The molecule has 0 saturated heterocycles. The van der Waals surface area contributed by atoms with Crippen molar-refractivity contribution in [2.24, 2.45) is 5.73 Å². The van der Waals surface area contributed by atoms with E-state index in [1.165, 1.54) is 0 Å². The summed E-state index contributed by atoms with van der Waals surface area (Å²) in [6.07, 6.45) is 1.18. The minimum Gasteiger partial charge on any atom is -0.443 e. The Bertz CT molecular complexity index is 277. The predicted molar refractivity (Wildman–Crippen MR) is 51.5 cm³/mol. The molecule has 0 atom stereocenters. The maximum Gasteiger partial charge on any atom is 0.407 e. The van der Waals surface area contributed by atoms with Gasteiger partial charge in [0.2, 0.25) is 0 Å². The van der Waals surface area contributed by atoms with Gasteiger partial charge < -0.3 is 15.8 Å². The van der Waals surface area contributed by atoms with Crippen LogP contribution in [0.1, 0.15) is 5.69 Å². The number of nitrogens with zero attached hydrogens (tertiary/aromatic N) is 1. The Kier molecular flexibility index (Phi) is 4.43. The van der Waals surface area contributed by atoms with Crippen molar-refractivity contribution in [1.29, 1.82) is 0 Å². The molecule has 0 aliphatic heterocycles. The van der Waals surface area contributed by atoms with Crippen LogP contribution in [0.4, 0.5) is 4.79 Å². The van der Waals surface area contributed by atoms with E-state index in [9.17, 15) is 4.79 Å². The van der Waals surface area contributed by atoms with Crippen molar-refractivity contribution in [1.82, 2.24) is 10.3 Å².